The lowest BCUT2D eigenvalue weighted by Crippen LogP contribution is -2.44. The van der Waals surface area contributed by atoms with Gasteiger partial charge in [0.05, 0.1) is 11.3 Å². The molecule has 0 bridgehead atoms. The molecule has 1 saturated heterocycles. The number of benzene rings is 3. The fourth-order valence-electron chi connectivity index (χ4n) is 4.96. The summed E-state index contributed by atoms with van der Waals surface area (Å²) in [5.74, 6) is -0.421. The number of hydrogen-bond acceptors (Lipinski definition) is 2. The Morgan fingerprint density at radius 3 is 2.39 bits per heavy atom. The summed E-state index contributed by atoms with van der Waals surface area (Å²) >= 11 is 6.10. The molecule has 2 heterocycles. The molecule has 0 aliphatic carbocycles. The first-order chi connectivity index (χ1) is 17.5. The van der Waals surface area contributed by atoms with Gasteiger partial charge in [-0.15, -0.1) is 0 Å². The molecule has 0 saturated carbocycles. The Morgan fingerprint density at radius 2 is 1.69 bits per heavy atom. The van der Waals surface area contributed by atoms with E-state index in [0.717, 1.165) is 49.4 Å². The molecule has 0 radical (unpaired) electrons. The third kappa shape index (κ3) is 5.38. The summed E-state index contributed by atoms with van der Waals surface area (Å²) in [6.45, 7) is 4.72. The average Bonchev–Trinajstić information content (AvgIpc) is 3.23. The van der Waals surface area contributed by atoms with E-state index in [4.69, 9.17) is 11.6 Å². The second-order valence-corrected chi connectivity index (χ2v) is 9.80. The van der Waals surface area contributed by atoms with E-state index in [1.165, 1.54) is 17.7 Å². The number of rotatable bonds is 6. The van der Waals surface area contributed by atoms with Crippen LogP contribution in [0.5, 0.6) is 0 Å². The highest BCUT2D eigenvalue weighted by Crippen LogP contribution is 2.31. The molecule has 1 aliphatic heterocycles. The lowest BCUT2D eigenvalue weighted by Gasteiger charge is -2.32. The van der Waals surface area contributed by atoms with E-state index in [9.17, 15) is 9.18 Å². The lowest BCUT2D eigenvalue weighted by atomic mass is 10.0. The number of halogens is 2. The lowest BCUT2D eigenvalue weighted by molar-refractivity contribution is 0.0908. The predicted octanol–water partition coefficient (Wildman–Crippen LogP) is 6.64. The van der Waals surface area contributed by atoms with Crippen molar-refractivity contribution in [2.24, 2.45) is 0 Å². The Kier molecular flexibility index (Phi) is 7.21. The van der Waals surface area contributed by atoms with Crippen molar-refractivity contribution in [3.05, 3.63) is 113 Å². The number of carbonyl (C=O) groups is 1. The Hall–Kier alpha value is -3.41. The van der Waals surface area contributed by atoms with Crippen LogP contribution in [0.4, 0.5) is 4.39 Å². The van der Waals surface area contributed by atoms with Crippen LogP contribution in [0.15, 0.2) is 84.9 Å². The van der Waals surface area contributed by atoms with Crippen molar-refractivity contribution in [1.29, 1.82) is 0 Å². The molecule has 1 N–H and O–H groups in total. The van der Waals surface area contributed by atoms with E-state index in [1.54, 1.807) is 6.07 Å². The minimum Gasteiger partial charge on any atom is -0.349 e. The summed E-state index contributed by atoms with van der Waals surface area (Å²) in [6.07, 6.45) is 1.82. The maximum atomic E-state index is 14.1. The molecule has 36 heavy (non-hydrogen) atoms. The van der Waals surface area contributed by atoms with Crippen molar-refractivity contribution in [2.75, 3.05) is 13.1 Å². The number of carbonyl (C=O) groups excluding carboxylic acids is 1. The van der Waals surface area contributed by atoms with Gasteiger partial charge in [0.2, 0.25) is 0 Å². The second kappa shape index (κ2) is 10.7. The number of hydrogen-bond donors (Lipinski definition) is 1. The maximum Gasteiger partial charge on any atom is 0.253 e. The summed E-state index contributed by atoms with van der Waals surface area (Å²) in [7, 11) is 0. The van der Waals surface area contributed by atoms with Crippen molar-refractivity contribution in [2.45, 2.75) is 32.4 Å². The molecule has 1 amide bonds. The highest BCUT2D eigenvalue weighted by Gasteiger charge is 2.24. The molecular formula is C30H29ClFN3O. The fourth-order valence-corrected chi connectivity index (χ4v) is 5.08. The largest absolute Gasteiger partial charge is 0.349 e. The van der Waals surface area contributed by atoms with E-state index in [-0.39, 0.29) is 17.8 Å². The molecule has 0 unspecified atom stereocenters. The third-order valence-corrected chi connectivity index (χ3v) is 7.12. The van der Waals surface area contributed by atoms with Gasteiger partial charge in [0, 0.05) is 42.1 Å². The summed E-state index contributed by atoms with van der Waals surface area (Å²) in [4.78, 5) is 15.9. The van der Waals surface area contributed by atoms with Crippen LogP contribution in [0.1, 0.15) is 34.5 Å². The van der Waals surface area contributed by atoms with E-state index in [1.807, 2.05) is 54.0 Å². The summed E-state index contributed by atoms with van der Waals surface area (Å²) in [6, 6.07) is 26.4. The van der Waals surface area contributed by atoms with Crippen LogP contribution in [-0.4, -0.2) is 34.5 Å². The van der Waals surface area contributed by atoms with Crippen LogP contribution in [-0.2, 0) is 6.54 Å². The fraction of sp³-hybridized carbons (Fsp3) is 0.233. The van der Waals surface area contributed by atoms with Gasteiger partial charge in [-0.05, 0) is 67.3 Å². The highest BCUT2D eigenvalue weighted by atomic mass is 35.5. The van der Waals surface area contributed by atoms with E-state index in [0.29, 0.717) is 16.3 Å². The van der Waals surface area contributed by atoms with Gasteiger partial charge in [-0.1, -0.05) is 60.1 Å². The van der Waals surface area contributed by atoms with Gasteiger partial charge >= 0.3 is 0 Å². The number of nitrogens with one attached hydrogen (secondary N) is 1. The van der Waals surface area contributed by atoms with Crippen molar-refractivity contribution >= 4 is 17.5 Å². The van der Waals surface area contributed by atoms with Gasteiger partial charge in [-0.25, -0.2) is 4.39 Å². The third-order valence-electron chi connectivity index (χ3n) is 6.87. The SMILES string of the molecule is Cc1c(C(=O)NC2CCN(Cc3ccccc3)CC2)cc(-c2ccc(Cl)cc2)n1-c1cccc(F)c1. The van der Waals surface area contributed by atoms with Gasteiger partial charge in [0.15, 0.2) is 0 Å². The Morgan fingerprint density at radius 1 is 0.972 bits per heavy atom. The van der Waals surface area contributed by atoms with Gasteiger partial charge < -0.3 is 9.88 Å². The number of piperidine rings is 1. The van der Waals surface area contributed by atoms with Crippen molar-refractivity contribution < 1.29 is 9.18 Å². The minimum atomic E-state index is -0.323. The average molecular weight is 502 g/mol. The molecule has 4 nitrogen and oxygen atoms in total. The first kappa shape index (κ1) is 24.3. The zero-order chi connectivity index (χ0) is 25.1. The second-order valence-electron chi connectivity index (χ2n) is 9.36. The van der Waals surface area contributed by atoms with Gasteiger partial charge in [0.25, 0.3) is 5.91 Å². The Labute approximate surface area is 216 Å². The van der Waals surface area contributed by atoms with E-state index >= 15 is 0 Å². The van der Waals surface area contributed by atoms with Crippen LogP contribution in [0, 0.1) is 12.7 Å². The molecule has 0 spiro atoms. The maximum absolute atomic E-state index is 14.1. The van der Waals surface area contributed by atoms with Crippen molar-refractivity contribution in [3.8, 4) is 16.9 Å². The molecule has 6 heteroatoms. The number of likely N-dealkylation sites (tertiary alicyclic amines) is 1. The molecule has 184 valence electrons. The van der Waals surface area contributed by atoms with Crippen LogP contribution in [0.2, 0.25) is 5.02 Å². The van der Waals surface area contributed by atoms with Crippen LogP contribution >= 0.6 is 11.6 Å². The highest BCUT2D eigenvalue weighted by molar-refractivity contribution is 6.30. The molecule has 1 aliphatic rings. The number of aromatic nitrogens is 1. The zero-order valence-electron chi connectivity index (χ0n) is 20.3. The smallest absolute Gasteiger partial charge is 0.253 e. The molecule has 4 aromatic rings. The van der Waals surface area contributed by atoms with Crippen LogP contribution in [0.25, 0.3) is 16.9 Å². The quantitative estimate of drug-likeness (QED) is 0.321. The molecule has 5 rings (SSSR count). The first-order valence-corrected chi connectivity index (χ1v) is 12.7. The number of amides is 1. The molecule has 1 fully saturated rings. The van der Waals surface area contributed by atoms with Gasteiger partial charge in [-0.3, -0.25) is 9.69 Å². The Bertz CT molecular complexity index is 1340. The Balaban J connectivity index is 1.35. The normalized spacial score (nSPS) is 14.6. The summed E-state index contributed by atoms with van der Waals surface area (Å²) in [5, 5.41) is 3.89. The van der Waals surface area contributed by atoms with Crippen LogP contribution in [0.3, 0.4) is 0 Å². The van der Waals surface area contributed by atoms with Crippen LogP contribution < -0.4 is 5.32 Å². The topological polar surface area (TPSA) is 37.3 Å². The molecule has 0 atom stereocenters. The predicted molar refractivity (Wildman–Crippen MR) is 143 cm³/mol. The van der Waals surface area contributed by atoms with E-state index < -0.39 is 0 Å². The monoisotopic (exact) mass is 501 g/mol. The van der Waals surface area contributed by atoms with E-state index in [2.05, 4.69) is 34.5 Å². The molecule has 3 aromatic carbocycles. The minimum absolute atomic E-state index is 0.0978. The zero-order valence-corrected chi connectivity index (χ0v) is 21.0. The van der Waals surface area contributed by atoms with Gasteiger partial charge in [-0.2, -0.15) is 0 Å². The van der Waals surface area contributed by atoms with Crippen molar-refractivity contribution in [1.82, 2.24) is 14.8 Å². The first-order valence-electron chi connectivity index (χ1n) is 12.3. The summed E-state index contributed by atoms with van der Waals surface area (Å²) < 4.78 is 16.0. The number of nitrogens with zero attached hydrogens (tertiary/aromatic N) is 2. The molecule has 1 aromatic heterocycles. The van der Waals surface area contributed by atoms with Crippen molar-refractivity contribution in [3.63, 3.8) is 0 Å². The standard InChI is InChI=1S/C30H29ClFN3O/c1-21-28(30(36)33-26-14-16-34(17-15-26)20-22-6-3-2-4-7-22)19-29(23-10-12-24(31)13-11-23)35(21)27-9-5-8-25(32)18-27/h2-13,18-19,26H,14-17,20H2,1H3,(H,33,36). The molecular weight excluding hydrogens is 473 g/mol. The van der Waals surface area contributed by atoms with Gasteiger partial charge in [0.1, 0.15) is 5.82 Å². The summed E-state index contributed by atoms with van der Waals surface area (Å²) in [5.41, 5.74) is 5.06.